The molecule has 32 heavy (non-hydrogen) atoms. The normalized spacial score (nSPS) is 15.7. The third-order valence-corrected chi connectivity index (χ3v) is 4.78. The number of ether oxygens (including phenoxy) is 1. The number of carbonyl (C=O) groups excluding carboxylic acids is 1. The summed E-state index contributed by atoms with van der Waals surface area (Å²) in [5.41, 5.74) is -0.00266. The van der Waals surface area contributed by atoms with Crippen LogP contribution in [0.3, 0.4) is 0 Å². The first-order valence-corrected chi connectivity index (χ1v) is 9.93. The number of nitriles is 1. The molecule has 2 heterocycles. The number of phenolic OH excluding ortho intramolecular Hbond substituents is 1. The smallest absolute Gasteiger partial charge is 0.416 e. The lowest BCUT2D eigenvalue weighted by Crippen LogP contribution is -2.38. The minimum Gasteiger partial charge on any atom is -0.507 e. The molecule has 1 aliphatic rings. The fraction of sp³-hybridized carbons (Fsp3) is 0.429. The molecule has 1 aromatic carbocycles. The summed E-state index contributed by atoms with van der Waals surface area (Å²) in [6.07, 6.45) is -2.63. The van der Waals surface area contributed by atoms with Crippen molar-refractivity contribution in [2.24, 2.45) is 0 Å². The zero-order chi connectivity index (χ0) is 23.7. The van der Waals surface area contributed by atoms with E-state index in [1.807, 2.05) is 0 Å². The minimum absolute atomic E-state index is 0.0929. The average Bonchev–Trinajstić information content (AvgIpc) is 2.76. The number of aromatic hydroxyl groups is 1. The van der Waals surface area contributed by atoms with E-state index >= 15 is 0 Å². The van der Waals surface area contributed by atoms with Crippen LogP contribution in [0.1, 0.15) is 36.5 Å². The van der Waals surface area contributed by atoms with Crippen LogP contribution in [0, 0.1) is 18.3 Å². The summed E-state index contributed by atoms with van der Waals surface area (Å²) in [6.45, 7) is 5.98. The van der Waals surface area contributed by atoms with Gasteiger partial charge in [0.05, 0.1) is 12.2 Å². The van der Waals surface area contributed by atoms with Gasteiger partial charge in [0.1, 0.15) is 23.1 Å². The highest BCUT2D eigenvalue weighted by Crippen LogP contribution is 2.37. The van der Waals surface area contributed by atoms with Crippen LogP contribution in [-0.4, -0.2) is 47.5 Å². The van der Waals surface area contributed by atoms with E-state index in [-0.39, 0.29) is 22.9 Å². The summed E-state index contributed by atoms with van der Waals surface area (Å²) in [6, 6.07) is 4.83. The van der Waals surface area contributed by atoms with E-state index in [9.17, 15) is 28.3 Å². The molecule has 1 saturated heterocycles. The predicted molar refractivity (Wildman–Crippen MR) is 111 cm³/mol. The Labute approximate surface area is 183 Å². The van der Waals surface area contributed by atoms with Gasteiger partial charge in [-0.1, -0.05) is 0 Å². The Balaban J connectivity index is 0.000000654. The number of aromatic nitrogens is 2. The first-order chi connectivity index (χ1) is 15.2. The molecule has 1 aliphatic heterocycles. The van der Waals surface area contributed by atoms with E-state index < -0.39 is 17.5 Å². The number of benzene rings is 1. The summed E-state index contributed by atoms with van der Waals surface area (Å²) in [7, 11) is 0. The molecule has 3 N–H and O–H groups in total. The molecule has 1 unspecified atom stereocenters. The second-order valence-electron chi connectivity index (χ2n) is 6.98. The third-order valence-electron chi connectivity index (χ3n) is 4.78. The molecule has 0 spiro atoms. The number of hydrogen-bond donors (Lipinski definition) is 3. The Hall–Kier alpha value is -3.39. The number of hydrogen-bond acceptors (Lipinski definition) is 8. The van der Waals surface area contributed by atoms with Crippen molar-refractivity contribution in [2.75, 3.05) is 25.0 Å². The van der Waals surface area contributed by atoms with Crippen LogP contribution >= 0.6 is 0 Å². The molecule has 0 aliphatic carbocycles. The van der Waals surface area contributed by atoms with Crippen molar-refractivity contribution in [1.29, 1.82) is 5.26 Å². The van der Waals surface area contributed by atoms with E-state index in [4.69, 9.17) is 0 Å². The molecule has 0 amide bonds. The number of nitrogens with zero attached hydrogens (tertiary/aromatic N) is 3. The van der Waals surface area contributed by atoms with Gasteiger partial charge in [-0.2, -0.15) is 18.4 Å². The number of rotatable bonds is 5. The number of halogens is 3. The predicted octanol–water partition coefficient (Wildman–Crippen LogP) is 3.39. The topological polar surface area (TPSA) is 120 Å². The van der Waals surface area contributed by atoms with E-state index in [2.05, 4.69) is 31.6 Å². The Bertz CT molecular complexity index is 970. The van der Waals surface area contributed by atoms with Crippen molar-refractivity contribution >= 4 is 12.3 Å². The first kappa shape index (κ1) is 24.9. The maximum Gasteiger partial charge on any atom is 0.416 e. The number of carbonyl (C=O) groups is 1. The first-order valence-electron chi connectivity index (χ1n) is 9.93. The van der Waals surface area contributed by atoms with Gasteiger partial charge >= 0.3 is 6.18 Å². The van der Waals surface area contributed by atoms with Crippen LogP contribution < -0.4 is 10.6 Å². The molecule has 0 radical (unpaired) electrons. The number of anilines is 1. The van der Waals surface area contributed by atoms with Crippen LogP contribution in [0.5, 0.6) is 5.75 Å². The van der Waals surface area contributed by atoms with Gasteiger partial charge in [0, 0.05) is 18.2 Å². The summed E-state index contributed by atoms with van der Waals surface area (Å²) in [5.74, 6) is -0.234. The zero-order valence-electron chi connectivity index (χ0n) is 17.7. The van der Waals surface area contributed by atoms with Gasteiger partial charge in [-0.05, 0) is 57.0 Å². The highest BCUT2D eigenvalue weighted by molar-refractivity contribution is 5.74. The van der Waals surface area contributed by atoms with E-state index in [0.717, 1.165) is 38.1 Å². The molecule has 11 heteroatoms. The second-order valence-corrected chi connectivity index (χ2v) is 6.98. The van der Waals surface area contributed by atoms with Crippen molar-refractivity contribution in [1.82, 2.24) is 15.5 Å². The summed E-state index contributed by atoms with van der Waals surface area (Å²) in [5, 5.41) is 34.1. The molecular formula is C21H24F3N5O3. The molecule has 1 aromatic heterocycles. The Morgan fingerprint density at radius 2 is 2.16 bits per heavy atom. The standard InChI is InChI=1S/C18H18F3N5O.C3H6O2/c1-10-14(8-22)17(24-12-3-2-6-23-9-12)26-25-16(10)13-5-4-11(7-15(13)27)18(19,20)21;1-2-5-3-4/h4-5,7,12,23,27H,2-3,6,9H2,1H3,(H,24,26);3H,2H2,1H3. The monoisotopic (exact) mass is 451 g/mol. The van der Waals surface area contributed by atoms with Gasteiger partial charge in [0.2, 0.25) is 0 Å². The molecule has 1 fully saturated rings. The van der Waals surface area contributed by atoms with Gasteiger partial charge in [-0.15, -0.1) is 10.2 Å². The number of alkyl halides is 3. The Morgan fingerprint density at radius 3 is 2.66 bits per heavy atom. The Kier molecular flexibility index (Phi) is 8.78. The van der Waals surface area contributed by atoms with Gasteiger partial charge in [0.25, 0.3) is 6.47 Å². The lowest BCUT2D eigenvalue weighted by molar-refractivity contribution is -0.137. The maximum atomic E-state index is 12.8. The van der Waals surface area contributed by atoms with Gasteiger partial charge in [0.15, 0.2) is 5.82 Å². The SMILES string of the molecule is CCOC=O.Cc1c(-c2ccc(C(F)(F)F)cc2O)nnc(NC2CCCNC2)c1C#N. The molecule has 3 rings (SSSR count). The van der Waals surface area contributed by atoms with E-state index in [0.29, 0.717) is 30.5 Å². The summed E-state index contributed by atoms with van der Waals surface area (Å²) in [4.78, 5) is 9.18. The summed E-state index contributed by atoms with van der Waals surface area (Å²) < 4.78 is 42.5. The average molecular weight is 451 g/mol. The van der Waals surface area contributed by atoms with Gasteiger partial charge in [-0.3, -0.25) is 4.79 Å². The molecule has 0 bridgehead atoms. The second kappa shape index (κ2) is 11.3. The molecule has 1 atom stereocenters. The summed E-state index contributed by atoms with van der Waals surface area (Å²) >= 11 is 0. The van der Waals surface area contributed by atoms with Crippen molar-refractivity contribution in [3.05, 3.63) is 34.9 Å². The number of piperidine rings is 1. The third kappa shape index (κ3) is 6.31. The largest absolute Gasteiger partial charge is 0.507 e. The lowest BCUT2D eigenvalue weighted by atomic mass is 10.0. The van der Waals surface area contributed by atoms with E-state index in [1.165, 1.54) is 0 Å². The van der Waals surface area contributed by atoms with Crippen LogP contribution in [0.15, 0.2) is 18.2 Å². The van der Waals surface area contributed by atoms with Crippen molar-refractivity contribution < 1.29 is 27.8 Å². The fourth-order valence-corrected chi connectivity index (χ4v) is 3.16. The van der Waals surface area contributed by atoms with Gasteiger partial charge in [-0.25, -0.2) is 0 Å². The van der Waals surface area contributed by atoms with Crippen molar-refractivity contribution in [3.63, 3.8) is 0 Å². The van der Waals surface area contributed by atoms with E-state index in [1.54, 1.807) is 13.8 Å². The van der Waals surface area contributed by atoms with Gasteiger partial charge < -0.3 is 20.5 Å². The quantitative estimate of drug-likeness (QED) is 0.592. The Morgan fingerprint density at radius 1 is 1.41 bits per heavy atom. The van der Waals surface area contributed by atoms with Crippen molar-refractivity contribution in [2.45, 2.75) is 38.9 Å². The minimum atomic E-state index is -4.56. The molecule has 8 nitrogen and oxygen atoms in total. The van der Waals surface area contributed by atoms with Crippen LogP contribution in [0.25, 0.3) is 11.3 Å². The molecule has 2 aromatic rings. The zero-order valence-corrected chi connectivity index (χ0v) is 17.7. The number of phenols is 1. The highest BCUT2D eigenvalue weighted by atomic mass is 19.4. The van der Waals surface area contributed by atoms with Crippen LogP contribution in [-0.2, 0) is 15.7 Å². The van der Waals surface area contributed by atoms with Crippen LogP contribution in [0.2, 0.25) is 0 Å². The van der Waals surface area contributed by atoms with Crippen molar-refractivity contribution in [3.8, 4) is 23.1 Å². The highest BCUT2D eigenvalue weighted by Gasteiger charge is 2.31. The molecular weight excluding hydrogens is 427 g/mol. The number of nitrogens with one attached hydrogen (secondary N) is 2. The molecule has 0 saturated carbocycles. The molecule has 172 valence electrons. The maximum absolute atomic E-state index is 12.8. The lowest BCUT2D eigenvalue weighted by Gasteiger charge is -2.24. The van der Waals surface area contributed by atoms with Crippen LogP contribution in [0.4, 0.5) is 19.0 Å². The fourth-order valence-electron chi connectivity index (χ4n) is 3.16.